The lowest BCUT2D eigenvalue weighted by Crippen LogP contribution is -2.34. The number of carbonyl (C=O) groups excluding carboxylic acids is 1. The predicted molar refractivity (Wildman–Crippen MR) is 138 cm³/mol. The second-order valence-corrected chi connectivity index (χ2v) is 11.3. The number of sulfone groups is 1. The number of rotatable bonds is 10. The number of methoxy groups -OCH3 is 1. The smallest absolute Gasteiger partial charge is 0.255 e. The minimum Gasteiger partial charge on any atom is -0.383 e. The van der Waals surface area contributed by atoms with E-state index < -0.39 is 9.84 Å². The van der Waals surface area contributed by atoms with Crippen LogP contribution in [0, 0.1) is 6.92 Å². The second-order valence-electron chi connectivity index (χ2n) is 8.58. The van der Waals surface area contributed by atoms with E-state index in [1.807, 2.05) is 32.9 Å². The van der Waals surface area contributed by atoms with Gasteiger partial charge in [0.05, 0.1) is 41.4 Å². The maximum atomic E-state index is 13.3. The number of aromatic nitrogens is 2. The summed E-state index contributed by atoms with van der Waals surface area (Å²) >= 11 is 12.3. The number of ether oxygens (including phenoxy) is 1. The molecule has 10 heteroatoms. The van der Waals surface area contributed by atoms with Crippen molar-refractivity contribution in [3.63, 3.8) is 0 Å². The fourth-order valence-corrected chi connectivity index (χ4v) is 5.82. The molecule has 0 saturated heterocycles. The van der Waals surface area contributed by atoms with Gasteiger partial charge in [-0.15, -0.1) is 0 Å². The fourth-order valence-electron chi connectivity index (χ4n) is 3.73. The van der Waals surface area contributed by atoms with Crippen LogP contribution < -0.4 is 0 Å². The van der Waals surface area contributed by atoms with Crippen molar-refractivity contribution in [2.45, 2.75) is 44.3 Å². The summed E-state index contributed by atoms with van der Waals surface area (Å²) in [5.41, 5.74) is 2.63. The molecule has 0 unspecified atom stereocenters. The van der Waals surface area contributed by atoms with Gasteiger partial charge in [-0.05, 0) is 44.5 Å². The summed E-state index contributed by atoms with van der Waals surface area (Å²) in [6.07, 6.45) is 1.51. The molecular formula is C25H29Cl2N3O4S. The van der Waals surface area contributed by atoms with Gasteiger partial charge in [0.15, 0.2) is 0 Å². The van der Waals surface area contributed by atoms with Gasteiger partial charge in [0.25, 0.3) is 5.91 Å². The van der Waals surface area contributed by atoms with Crippen molar-refractivity contribution in [2.75, 3.05) is 20.3 Å². The molecule has 3 rings (SSSR count). The summed E-state index contributed by atoms with van der Waals surface area (Å²) in [6.45, 7) is 6.42. The highest BCUT2D eigenvalue weighted by Gasteiger charge is 2.27. The van der Waals surface area contributed by atoms with Crippen LogP contribution in [-0.2, 0) is 26.9 Å². The summed E-state index contributed by atoms with van der Waals surface area (Å²) in [6, 6.07) is 11.9. The van der Waals surface area contributed by atoms with Crippen molar-refractivity contribution in [3.8, 4) is 0 Å². The van der Waals surface area contributed by atoms with E-state index in [1.54, 1.807) is 40.8 Å². The standard InChI is InChI=1S/C25H29Cl2N3O4S/c1-17(2)30-21(14-28-25(30)35(32,33)16-19-7-5-18(3)6-8-19)15-29(11-12-34-4)24(31)22-10-9-20(26)13-23(22)27/h5-10,13-14,17H,11-12,15-16H2,1-4H3. The van der Waals surface area contributed by atoms with Crippen molar-refractivity contribution in [2.24, 2.45) is 0 Å². The molecular weight excluding hydrogens is 509 g/mol. The van der Waals surface area contributed by atoms with E-state index >= 15 is 0 Å². The summed E-state index contributed by atoms with van der Waals surface area (Å²) in [7, 11) is -2.18. The first kappa shape index (κ1) is 27.2. The van der Waals surface area contributed by atoms with Crippen LogP contribution in [0.5, 0.6) is 0 Å². The minimum absolute atomic E-state index is 0.0215. The Balaban J connectivity index is 1.95. The SMILES string of the molecule is COCCN(Cc1cnc(S(=O)(=O)Cc2ccc(C)cc2)n1C(C)C)C(=O)c1ccc(Cl)cc1Cl. The number of imidazole rings is 1. The second kappa shape index (κ2) is 11.6. The third kappa shape index (κ3) is 6.64. The van der Waals surface area contributed by atoms with Crippen LogP contribution >= 0.6 is 23.2 Å². The number of hydrogen-bond donors (Lipinski definition) is 0. The van der Waals surface area contributed by atoms with Gasteiger partial charge in [-0.2, -0.15) is 0 Å². The van der Waals surface area contributed by atoms with Gasteiger partial charge in [-0.3, -0.25) is 4.79 Å². The number of aryl methyl sites for hydroxylation is 1. The highest BCUT2D eigenvalue weighted by atomic mass is 35.5. The van der Waals surface area contributed by atoms with Gasteiger partial charge >= 0.3 is 0 Å². The summed E-state index contributed by atoms with van der Waals surface area (Å²) in [5, 5.41) is 0.645. The van der Waals surface area contributed by atoms with Gasteiger partial charge in [0, 0.05) is 24.7 Å². The van der Waals surface area contributed by atoms with Crippen LogP contribution in [0.3, 0.4) is 0 Å². The molecule has 7 nitrogen and oxygen atoms in total. The van der Waals surface area contributed by atoms with Crippen LogP contribution in [0.4, 0.5) is 0 Å². The third-order valence-electron chi connectivity index (χ3n) is 5.48. The lowest BCUT2D eigenvalue weighted by Gasteiger charge is -2.25. The molecule has 0 aliphatic rings. The monoisotopic (exact) mass is 537 g/mol. The van der Waals surface area contributed by atoms with Crippen LogP contribution in [-0.4, -0.2) is 49.0 Å². The Morgan fingerprint density at radius 3 is 2.43 bits per heavy atom. The molecule has 3 aromatic rings. The first-order valence-corrected chi connectivity index (χ1v) is 13.5. The largest absolute Gasteiger partial charge is 0.383 e. The molecule has 0 fully saturated rings. The van der Waals surface area contributed by atoms with Crippen molar-refractivity contribution in [1.82, 2.24) is 14.5 Å². The number of amides is 1. The number of hydrogen-bond acceptors (Lipinski definition) is 5. The molecule has 188 valence electrons. The Bertz CT molecular complexity index is 1290. The Hall–Kier alpha value is -2.39. The van der Waals surface area contributed by atoms with E-state index in [0.29, 0.717) is 28.5 Å². The zero-order valence-corrected chi connectivity index (χ0v) is 22.5. The number of carbonyl (C=O) groups is 1. The Morgan fingerprint density at radius 2 is 1.83 bits per heavy atom. The number of nitrogens with zero attached hydrogens (tertiary/aromatic N) is 3. The van der Waals surface area contributed by atoms with E-state index in [-0.39, 0.29) is 41.0 Å². The van der Waals surface area contributed by atoms with E-state index in [0.717, 1.165) is 5.56 Å². The fraction of sp³-hybridized carbons (Fsp3) is 0.360. The van der Waals surface area contributed by atoms with Gasteiger partial charge < -0.3 is 14.2 Å². The third-order valence-corrected chi connectivity index (χ3v) is 7.60. The summed E-state index contributed by atoms with van der Waals surface area (Å²) in [4.78, 5) is 19.2. The molecule has 0 aliphatic carbocycles. The average Bonchev–Trinajstić information content (AvgIpc) is 3.22. The zero-order valence-electron chi connectivity index (χ0n) is 20.2. The Kier molecular flexibility index (Phi) is 8.99. The maximum Gasteiger partial charge on any atom is 0.255 e. The van der Waals surface area contributed by atoms with Gasteiger partial charge in [-0.25, -0.2) is 13.4 Å². The zero-order chi connectivity index (χ0) is 25.8. The van der Waals surface area contributed by atoms with Crippen molar-refractivity contribution in [3.05, 3.63) is 81.1 Å². The van der Waals surface area contributed by atoms with Crippen molar-refractivity contribution in [1.29, 1.82) is 0 Å². The van der Waals surface area contributed by atoms with Crippen LogP contribution in [0.15, 0.2) is 53.8 Å². The normalized spacial score (nSPS) is 11.7. The summed E-state index contributed by atoms with van der Waals surface area (Å²) in [5.74, 6) is -0.479. The minimum atomic E-state index is -3.73. The molecule has 1 heterocycles. The first-order valence-electron chi connectivity index (χ1n) is 11.1. The van der Waals surface area contributed by atoms with E-state index in [2.05, 4.69) is 4.98 Å². The molecule has 1 aromatic heterocycles. The average molecular weight is 538 g/mol. The highest BCUT2D eigenvalue weighted by molar-refractivity contribution is 7.90. The van der Waals surface area contributed by atoms with Gasteiger partial charge in [0.1, 0.15) is 0 Å². The molecule has 0 bridgehead atoms. The van der Waals surface area contributed by atoms with E-state index in [1.165, 1.54) is 12.3 Å². The number of halogens is 2. The molecule has 0 N–H and O–H groups in total. The lowest BCUT2D eigenvalue weighted by molar-refractivity contribution is 0.0675. The van der Waals surface area contributed by atoms with Crippen molar-refractivity contribution >= 4 is 38.9 Å². The molecule has 0 radical (unpaired) electrons. The quantitative estimate of drug-likeness (QED) is 0.348. The lowest BCUT2D eigenvalue weighted by atomic mass is 10.2. The molecule has 1 amide bonds. The first-order chi connectivity index (χ1) is 16.5. The van der Waals surface area contributed by atoms with Crippen LogP contribution in [0.2, 0.25) is 10.0 Å². The topological polar surface area (TPSA) is 81.5 Å². The highest BCUT2D eigenvalue weighted by Crippen LogP contribution is 2.26. The van der Waals surface area contributed by atoms with Crippen molar-refractivity contribution < 1.29 is 17.9 Å². The maximum absolute atomic E-state index is 13.3. The number of benzene rings is 2. The molecule has 35 heavy (non-hydrogen) atoms. The molecule has 0 aliphatic heterocycles. The Labute approximate surface area is 216 Å². The molecule has 0 atom stereocenters. The predicted octanol–water partition coefficient (Wildman–Crippen LogP) is 5.34. The van der Waals surface area contributed by atoms with E-state index in [9.17, 15) is 13.2 Å². The van der Waals surface area contributed by atoms with E-state index in [4.69, 9.17) is 27.9 Å². The summed E-state index contributed by atoms with van der Waals surface area (Å²) < 4.78 is 33.5. The Morgan fingerprint density at radius 1 is 1.14 bits per heavy atom. The molecule has 0 saturated carbocycles. The van der Waals surface area contributed by atoms with Crippen LogP contribution in [0.1, 0.15) is 47.1 Å². The van der Waals surface area contributed by atoms with Crippen LogP contribution in [0.25, 0.3) is 0 Å². The van der Waals surface area contributed by atoms with Gasteiger partial charge in [-0.1, -0.05) is 53.0 Å². The molecule has 2 aromatic carbocycles. The van der Waals surface area contributed by atoms with Gasteiger partial charge in [0.2, 0.25) is 15.0 Å². The molecule has 0 spiro atoms.